The van der Waals surface area contributed by atoms with Crippen LogP contribution in [0.1, 0.15) is 12.8 Å². The van der Waals surface area contributed by atoms with Crippen LogP contribution >= 0.6 is 11.6 Å². The highest BCUT2D eigenvalue weighted by atomic mass is 35.5. The number of nitrogens with one attached hydrogen (secondary N) is 1. The van der Waals surface area contributed by atoms with E-state index in [1.165, 1.54) is 18.9 Å². The smallest absolute Gasteiger partial charge is 0.143 e. The average molecular weight is 186 g/mol. The molecule has 1 fully saturated rings. The molecular weight excluding hydrogens is 177 g/mol. The first kappa shape index (κ1) is 7.87. The molecule has 1 aliphatic carbocycles. The van der Waals surface area contributed by atoms with Gasteiger partial charge in [0.25, 0.3) is 0 Å². The Kier molecular flexibility index (Phi) is 1.93. The van der Waals surface area contributed by atoms with Gasteiger partial charge in [0.05, 0.1) is 5.02 Å². The maximum Gasteiger partial charge on any atom is 0.143 e. The molecule has 1 aromatic carbocycles. The molecule has 1 N–H and O–H groups in total. The van der Waals surface area contributed by atoms with Gasteiger partial charge in [0.1, 0.15) is 5.82 Å². The van der Waals surface area contributed by atoms with E-state index in [-0.39, 0.29) is 10.8 Å². The fraction of sp³-hybridized carbons (Fsp3) is 0.333. The Balaban J connectivity index is 2.15. The van der Waals surface area contributed by atoms with Crippen LogP contribution in [-0.4, -0.2) is 6.04 Å². The fourth-order valence-electron chi connectivity index (χ4n) is 1.05. The SMILES string of the molecule is Fc1cc(NC2CC2)ccc1Cl. The van der Waals surface area contributed by atoms with E-state index in [1.807, 2.05) is 0 Å². The normalized spacial score (nSPS) is 16.2. The Labute approximate surface area is 75.5 Å². The molecule has 1 aromatic rings. The lowest BCUT2D eigenvalue weighted by molar-refractivity contribution is 0.628. The summed E-state index contributed by atoms with van der Waals surface area (Å²) in [5.41, 5.74) is 0.819. The standard InChI is InChI=1S/C9H9ClFN/c10-8-4-3-7(5-9(8)11)12-6-1-2-6/h3-6,12H,1-2H2. The predicted molar refractivity (Wildman–Crippen MR) is 48.1 cm³/mol. The van der Waals surface area contributed by atoms with Crippen molar-refractivity contribution < 1.29 is 4.39 Å². The lowest BCUT2D eigenvalue weighted by Crippen LogP contribution is -2.00. The second-order valence-corrected chi connectivity index (χ2v) is 3.45. The monoisotopic (exact) mass is 185 g/mol. The third-order valence-corrected chi connectivity index (χ3v) is 2.17. The number of hydrogen-bond acceptors (Lipinski definition) is 1. The second-order valence-electron chi connectivity index (χ2n) is 3.05. The largest absolute Gasteiger partial charge is 0.382 e. The summed E-state index contributed by atoms with van der Waals surface area (Å²) < 4.78 is 12.9. The molecule has 1 nitrogen and oxygen atoms in total. The molecule has 0 unspecified atom stereocenters. The van der Waals surface area contributed by atoms with Crippen molar-refractivity contribution in [3.8, 4) is 0 Å². The van der Waals surface area contributed by atoms with Crippen molar-refractivity contribution in [2.75, 3.05) is 5.32 Å². The molecule has 0 spiro atoms. The molecule has 0 saturated heterocycles. The summed E-state index contributed by atoms with van der Waals surface area (Å²) in [6.07, 6.45) is 2.37. The molecule has 0 radical (unpaired) electrons. The van der Waals surface area contributed by atoms with Gasteiger partial charge in [-0.25, -0.2) is 4.39 Å². The van der Waals surface area contributed by atoms with Crippen LogP contribution in [0.5, 0.6) is 0 Å². The first-order chi connectivity index (χ1) is 5.75. The molecule has 1 saturated carbocycles. The van der Waals surface area contributed by atoms with Gasteiger partial charge in [-0.2, -0.15) is 0 Å². The average Bonchev–Trinajstić information content (AvgIpc) is 2.81. The van der Waals surface area contributed by atoms with E-state index < -0.39 is 0 Å². The van der Waals surface area contributed by atoms with E-state index in [4.69, 9.17) is 11.6 Å². The molecule has 64 valence electrons. The van der Waals surface area contributed by atoms with Crippen LogP contribution in [0.15, 0.2) is 18.2 Å². The summed E-state index contributed by atoms with van der Waals surface area (Å²) >= 11 is 5.53. The Morgan fingerprint density at radius 3 is 2.75 bits per heavy atom. The molecule has 0 amide bonds. The van der Waals surface area contributed by atoms with E-state index in [9.17, 15) is 4.39 Å². The van der Waals surface area contributed by atoms with Crippen LogP contribution in [0.4, 0.5) is 10.1 Å². The summed E-state index contributed by atoms with van der Waals surface area (Å²) in [5.74, 6) is -0.359. The minimum atomic E-state index is -0.359. The minimum absolute atomic E-state index is 0.177. The van der Waals surface area contributed by atoms with Crippen LogP contribution in [-0.2, 0) is 0 Å². The van der Waals surface area contributed by atoms with Crippen molar-refractivity contribution in [1.82, 2.24) is 0 Å². The lowest BCUT2D eigenvalue weighted by Gasteiger charge is -2.03. The molecule has 2 rings (SSSR count). The molecule has 0 heterocycles. The van der Waals surface area contributed by atoms with Gasteiger partial charge >= 0.3 is 0 Å². The molecule has 0 aliphatic heterocycles. The number of halogens is 2. The van der Waals surface area contributed by atoms with Gasteiger partial charge < -0.3 is 5.32 Å². The van der Waals surface area contributed by atoms with Gasteiger partial charge in [-0.3, -0.25) is 0 Å². The molecule has 1 aliphatic rings. The van der Waals surface area contributed by atoms with Crippen molar-refractivity contribution in [2.24, 2.45) is 0 Å². The Hall–Kier alpha value is -0.760. The zero-order chi connectivity index (χ0) is 8.55. The van der Waals surface area contributed by atoms with Crippen LogP contribution in [0.3, 0.4) is 0 Å². The van der Waals surface area contributed by atoms with E-state index in [0.717, 1.165) is 5.69 Å². The molecule has 12 heavy (non-hydrogen) atoms. The highest BCUT2D eigenvalue weighted by molar-refractivity contribution is 6.30. The zero-order valence-corrected chi connectivity index (χ0v) is 7.24. The lowest BCUT2D eigenvalue weighted by atomic mass is 10.3. The van der Waals surface area contributed by atoms with Crippen molar-refractivity contribution in [3.05, 3.63) is 29.0 Å². The summed E-state index contributed by atoms with van der Waals surface area (Å²) in [7, 11) is 0. The third-order valence-electron chi connectivity index (χ3n) is 1.87. The minimum Gasteiger partial charge on any atom is -0.382 e. The maximum atomic E-state index is 12.9. The maximum absolute atomic E-state index is 12.9. The van der Waals surface area contributed by atoms with Crippen molar-refractivity contribution >= 4 is 17.3 Å². The quantitative estimate of drug-likeness (QED) is 0.747. The van der Waals surface area contributed by atoms with E-state index in [2.05, 4.69) is 5.32 Å². The first-order valence-corrected chi connectivity index (χ1v) is 4.35. The Morgan fingerprint density at radius 2 is 2.17 bits per heavy atom. The number of hydrogen-bond donors (Lipinski definition) is 1. The fourth-order valence-corrected chi connectivity index (χ4v) is 1.17. The zero-order valence-electron chi connectivity index (χ0n) is 6.48. The van der Waals surface area contributed by atoms with Gasteiger partial charge in [-0.1, -0.05) is 11.6 Å². The van der Waals surface area contributed by atoms with Crippen molar-refractivity contribution in [3.63, 3.8) is 0 Å². The van der Waals surface area contributed by atoms with Crippen LogP contribution < -0.4 is 5.32 Å². The highest BCUT2D eigenvalue weighted by Crippen LogP contribution is 2.26. The molecule has 3 heteroatoms. The summed E-state index contributed by atoms with van der Waals surface area (Å²) in [6, 6.07) is 5.34. The van der Waals surface area contributed by atoms with Crippen LogP contribution in [0.25, 0.3) is 0 Å². The number of rotatable bonds is 2. The first-order valence-electron chi connectivity index (χ1n) is 3.97. The predicted octanol–water partition coefficient (Wildman–Crippen LogP) is 3.05. The van der Waals surface area contributed by atoms with Crippen LogP contribution in [0.2, 0.25) is 5.02 Å². The van der Waals surface area contributed by atoms with Gasteiger partial charge in [-0.05, 0) is 31.0 Å². The Morgan fingerprint density at radius 1 is 1.42 bits per heavy atom. The Bertz CT molecular complexity index is 297. The summed E-state index contributed by atoms with van der Waals surface area (Å²) in [6.45, 7) is 0. The topological polar surface area (TPSA) is 12.0 Å². The number of benzene rings is 1. The molecule has 0 atom stereocenters. The molecular formula is C9H9ClFN. The van der Waals surface area contributed by atoms with E-state index in [1.54, 1.807) is 12.1 Å². The highest BCUT2D eigenvalue weighted by Gasteiger charge is 2.20. The number of anilines is 1. The van der Waals surface area contributed by atoms with E-state index in [0.29, 0.717) is 6.04 Å². The van der Waals surface area contributed by atoms with Gasteiger partial charge in [-0.15, -0.1) is 0 Å². The second kappa shape index (κ2) is 2.94. The summed E-state index contributed by atoms with van der Waals surface area (Å²) in [4.78, 5) is 0. The van der Waals surface area contributed by atoms with E-state index >= 15 is 0 Å². The van der Waals surface area contributed by atoms with Gasteiger partial charge in [0, 0.05) is 11.7 Å². The van der Waals surface area contributed by atoms with Crippen molar-refractivity contribution in [2.45, 2.75) is 18.9 Å². The third kappa shape index (κ3) is 1.69. The van der Waals surface area contributed by atoms with Crippen LogP contribution in [0, 0.1) is 5.82 Å². The summed E-state index contributed by atoms with van der Waals surface area (Å²) in [5, 5.41) is 3.36. The molecule has 0 bridgehead atoms. The van der Waals surface area contributed by atoms with Gasteiger partial charge in [0.15, 0.2) is 0 Å². The van der Waals surface area contributed by atoms with Crippen molar-refractivity contribution in [1.29, 1.82) is 0 Å². The van der Waals surface area contributed by atoms with Gasteiger partial charge in [0.2, 0.25) is 0 Å². The molecule has 0 aromatic heterocycles.